The van der Waals surface area contributed by atoms with Crippen molar-refractivity contribution < 1.29 is 19.8 Å². The number of carbonyl (C=O) groups excluding carboxylic acids is 1. The van der Waals surface area contributed by atoms with Crippen LogP contribution >= 0.6 is 0 Å². The molecule has 1 saturated heterocycles. The van der Waals surface area contributed by atoms with Crippen molar-refractivity contribution in [1.29, 1.82) is 0 Å². The Morgan fingerprint density at radius 1 is 1.31 bits per heavy atom. The topological polar surface area (TPSA) is 77.8 Å². The maximum Gasteiger partial charge on any atom is 0.335 e. The lowest BCUT2D eigenvalue weighted by Crippen LogP contribution is -2.41. The molecular weight excluding hydrogens is 366 g/mol. The molecule has 29 heavy (non-hydrogen) atoms. The first-order chi connectivity index (χ1) is 13.9. The van der Waals surface area contributed by atoms with Crippen LogP contribution in [-0.2, 0) is 11.2 Å². The van der Waals surface area contributed by atoms with E-state index in [-0.39, 0.29) is 29.0 Å². The average molecular weight is 400 g/mol. The number of hydrogen-bond donors (Lipinski definition) is 2. The number of likely N-dealkylation sites (tertiary alicyclic amines) is 1. The molecule has 5 nitrogen and oxygen atoms in total. The van der Waals surface area contributed by atoms with Crippen LogP contribution in [0.3, 0.4) is 0 Å². The van der Waals surface area contributed by atoms with E-state index in [1.54, 1.807) is 12.1 Å². The molecule has 2 atom stereocenters. The van der Waals surface area contributed by atoms with E-state index in [0.29, 0.717) is 25.8 Å². The Labute approximate surface area is 173 Å². The lowest BCUT2D eigenvalue weighted by atomic mass is 9.62. The van der Waals surface area contributed by atoms with Gasteiger partial charge in [-0.2, -0.15) is 0 Å². The molecule has 1 saturated carbocycles. The second-order valence-corrected chi connectivity index (χ2v) is 8.59. The third-order valence-corrected chi connectivity index (χ3v) is 6.74. The van der Waals surface area contributed by atoms with E-state index in [4.69, 9.17) is 5.11 Å². The highest BCUT2D eigenvalue weighted by Gasteiger charge is 2.41. The molecule has 0 bridgehead atoms. The second-order valence-electron chi connectivity index (χ2n) is 8.59. The van der Waals surface area contributed by atoms with Gasteiger partial charge in [-0.1, -0.05) is 44.1 Å². The quantitative estimate of drug-likeness (QED) is 0.578. The predicted molar refractivity (Wildman–Crippen MR) is 113 cm³/mol. The highest BCUT2D eigenvalue weighted by atomic mass is 16.4. The number of amides is 1. The van der Waals surface area contributed by atoms with E-state index >= 15 is 0 Å². The van der Waals surface area contributed by atoms with Crippen LogP contribution in [0.4, 0.5) is 0 Å². The molecule has 0 radical (unpaired) electrons. The molecule has 2 unspecified atom stereocenters. The molecule has 1 heterocycles. The van der Waals surface area contributed by atoms with Crippen LogP contribution in [-0.4, -0.2) is 45.7 Å². The first-order valence-corrected chi connectivity index (χ1v) is 10.9. The van der Waals surface area contributed by atoms with E-state index in [0.717, 1.165) is 37.7 Å². The summed E-state index contributed by atoms with van der Waals surface area (Å²) in [5.41, 5.74) is 1.42. The third kappa shape index (κ3) is 5.08. The van der Waals surface area contributed by atoms with Crippen molar-refractivity contribution in [3.8, 4) is 0 Å². The van der Waals surface area contributed by atoms with Crippen LogP contribution < -0.4 is 0 Å². The predicted octanol–water partition coefficient (Wildman–Crippen LogP) is 4.20. The number of carbonyl (C=O) groups is 2. The van der Waals surface area contributed by atoms with Gasteiger partial charge in [0.2, 0.25) is 5.91 Å². The van der Waals surface area contributed by atoms with Crippen LogP contribution in [0.25, 0.3) is 0 Å². The zero-order chi connectivity index (χ0) is 20.9. The Kier molecular flexibility index (Phi) is 7.12. The molecule has 1 amide bonds. The number of aliphatic hydroxyl groups excluding tert-OH is 1. The molecule has 0 spiro atoms. The number of carboxylic acids is 1. The number of aromatic carboxylic acids is 1. The zero-order valence-electron chi connectivity index (χ0n) is 17.3. The van der Waals surface area contributed by atoms with Crippen LogP contribution in [0.15, 0.2) is 36.4 Å². The number of aliphatic hydroxyl groups is 1. The summed E-state index contributed by atoms with van der Waals surface area (Å²) in [6.07, 6.45) is 12.3. The fraction of sp³-hybridized carbons (Fsp3) is 0.583. The molecule has 2 fully saturated rings. The number of hydrogen-bond acceptors (Lipinski definition) is 3. The molecule has 1 aliphatic carbocycles. The Morgan fingerprint density at radius 2 is 2.03 bits per heavy atom. The molecule has 2 N–H and O–H groups in total. The van der Waals surface area contributed by atoms with Crippen LogP contribution in [0, 0.1) is 5.41 Å². The Morgan fingerprint density at radius 3 is 2.62 bits per heavy atom. The normalized spacial score (nSPS) is 22.1. The van der Waals surface area contributed by atoms with E-state index < -0.39 is 5.97 Å². The van der Waals surface area contributed by atoms with Crippen molar-refractivity contribution in [2.75, 3.05) is 6.54 Å². The zero-order valence-corrected chi connectivity index (χ0v) is 17.3. The van der Waals surface area contributed by atoms with Gasteiger partial charge < -0.3 is 15.1 Å². The second kappa shape index (κ2) is 9.57. The highest BCUT2D eigenvalue weighted by molar-refractivity contribution is 5.87. The summed E-state index contributed by atoms with van der Waals surface area (Å²) in [6, 6.07) is 6.94. The summed E-state index contributed by atoms with van der Waals surface area (Å²) in [5, 5.41) is 19.7. The van der Waals surface area contributed by atoms with Gasteiger partial charge in [0, 0.05) is 13.0 Å². The summed E-state index contributed by atoms with van der Waals surface area (Å²) in [5.74, 6) is -0.759. The average Bonchev–Trinajstić information content (AvgIpc) is 3.02. The number of nitrogens with zero attached hydrogens (tertiary/aromatic N) is 1. The fourth-order valence-corrected chi connectivity index (χ4v) is 4.80. The summed E-state index contributed by atoms with van der Waals surface area (Å²) >= 11 is 0. The van der Waals surface area contributed by atoms with Gasteiger partial charge in [0.25, 0.3) is 0 Å². The van der Waals surface area contributed by atoms with E-state index in [1.807, 2.05) is 17.0 Å². The van der Waals surface area contributed by atoms with Crippen LogP contribution in [0.2, 0.25) is 0 Å². The van der Waals surface area contributed by atoms with Crippen molar-refractivity contribution in [1.82, 2.24) is 4.90 Å². The largest absolute Gasteiger partial charge is 0.478 e. The Balaban J connectivity index is 1.53. The fourth-order valence-electron chi connectivity index (χ4n) is 4.80. The van der Waals surface area contributed by atoms with Gasteiger partial charge in [0.1, 0.15) is 0 Å². The lowest BCUT2D eigenvalue weighted by molar-refractivity contribution is -0.128. The van der Waals surface area contributed by atoms with Crippen molar-refractivity contribution in [3.05, 3.63) is 47.5 Å². The standard InChI is InChI=1S/C24H33NO4/c1-2-14-24(15-4-16-24)21(26)6-3-5-20-11-12-22(27)25(20)17-13-18-7-9-19(10-8-18)23(28)29/h3,5,7-10,20-21,26H,2,4,6,11-17H2,1H3,(H,28,29)/b5-3+. The Bertz CT molecular complexity index is 736. The van der Waals surface area contributed by atoms with Crippen molar-refractivity contribution in [2.24, 2.45) is 5.41 Å². The van der Waals surface area contributed by atoms with Crippen molar-refractivity contribution >= 4 is 11.9 Å². The van der Waals surface area contributed by atoms with Crippen LogP contribution in [0.5, 0.6) is 0 Å². The first-order valence-electron chi connectivity index (χ1n) is 10.9. The molecule has 0 aromatic heterocycles. The number of carboxylic acid groups (broad SMARTS) is 1. The minimum Gasteiger partial charge on any atom is -0.478 e. The first kappa shape index (κ1) is 21.6. The minimum atomic E-state index is -0.929. The maximum absolute atomic E-state index is 12.3. The molecular formula is C24H33NO4. The van der Waals surface area contributed by atoms with Gasteiger partial charge in [-0.3, -0.25) is 4.79 Å². The van der Waals surface area contributed by atoms with E-state index in [9.17, 15) is 14.7 Å². The van der Waals surface area contributed by atoms with Gasteiger partial charge in [-0.25, -0.2) is 4.79 Å². The van der Waals surface area contributed by atoms with Crippen LogP contribution in [0.1, 0.15) is 74.2 Å². The third-order valence-electron chi connectivity index (χ3n) is 6.74. The summed E-state index contributed by atoms with van der Waals surface area (Å²) < 4.78 is 0. The van der Waals surface area contributed by atoms with Gasteiger partial charge in [0.05, 0.1) is 17.7 Å². The molecule has 3 rings (SSSR count). The van der Waals surface area contributed by atoms with E-state index in [1.165, 1.54) is 6.42 Å². The van der Waals surface area contributed by atoms with Crippen molar-refractivity contribution in [2.45, 2.75) is 76.9 Å². The maximum atomic E-state index is 12.3. The smallest absolute Gasteiger partial charge is 0.335 e. The van der Waals surface area contributed by atoms with E-state index in [2.05, 4.69) is 19.1 Å². The molecule has 1 aromatic rings. The lowest BCUT2D eigenvalue weighted by Gasteiger charge is -2.45. The molecule has 1 aromatic carbocycles. The Hall–Kier alpha value is -2.14. The van der Waals surface area contributed by atoms with Gasteiger partial charge in [0.15, 0.2) is 0 Å². The summed E-state index contributed by atoms with van der Waals surface area (Å²) in [7, 11) is 0. The summed E-state index contributed by atoms with van der Waals surface area (Å²) in [6.45, 7) is 2.81. The van der Waals surface area contributed by atoms with Gasteiger partial charge in [-0.05, 0) is 61.6 Å². The molecule has 5 heteroatoms. The van der Waals surface area contributed by atoms with Gasteiger partial charge in [-0.15, -0.1) is 0 Å². The number of rotatable bonds is 10. The molecule has 1 aliphatic heterocycles. The summed E-state index contributed by atoms with van der Waals surface area (Å²) in [4.78, 5) is 25.2. The minimum absolute atomic E-state index is 0.0940. The van der Waals surface area contributed by atoms with Gasteiger partial charge >= 0.3 is 5.97 Å². The highest BCUT2D eigenvalue weighted by Crippen LogP contribution is 2.48. The van der Waals surface area contributed by atoms with Crippen molar-refractivity contribution in [3.63, 3.8) is 0 Å². The molecule has 2 aliphatic rings. The SMILES string of the molecule is CCCC1(C(O)C/C=C/C2CCC(=O)N2CCc2ccc(C(=O)O)cc2)CCC1. The molecule has 158 valence electrons. The number of benzene rings is 1. The monoisotopic (exact) mass is 399 g/mol.